The van der Waals surface area contributed by atoms with Gasteiger partial charge in [-0.05, 0) is 79.1 Å². The summed E-state index contributed by atoms with van der Waals surface area (Å²) in [5.74, 6) is -1.28. The largest absolute Gasteiger partial charge is 0.497 e. The Morgan fingerprint density at radius 3 is 2.37 bits per heavy atom. The number of ether oxygens (including phenoxy) is 2. The van der Waals surface area contributed by atoms with Crippen molar-refractivity contribution in [1.82, 2.24) is 10.4 Å². The van der Waals surface area contributed by atoms with Crippen LogP contribution in [0.5, 0.6) is 5.75 Å². The number of hydrazine groups is 1. The molecular weight excluding hydrogens is 528 g/mol. The third kappa shape index (κ3) is 5.82. The van der Waals surface area contributed by atoms with Crippen molar-refractivity contribution in [3.63, 3.8) is 0 Å². The van der Waals surface area contributed by atoms with Crippen LogP contribution in [0.25, 0.3) is 0 Å². The molecule has 2 N–H and O–H groups in total. The smallest absolute Gasteiger partial charge is 0.338 e. The third-order valence-electron chi connectivity index (χ3n) is 5.57. The minimum atomic E-state index is -1.10. The number of benzene rings is 2. The predicted molar refractivity (Wildman–Crippen MR) is 146 cm³/mol. The normalized spacial score (nSPS) is 14.8. The average molecular weight is 553 g/mol. The highest BCUT2D eigenvalue weighted by Gasteiger charge is 2.45. The Morgan fingerprint density at radius 1 is 1.05 bits per heavy atom. The van der Waals surface area contributed by atoms with Crippen molar-refractivity contribution in [2.75, 3.05) is 23.9 Å². The summed E-state index contributed by atoms with van der Waals surface area (Å²) in [4.78, 5) is 52.9. The van der Waals surface area contributed by atoms with Crippen LogP contribution in [0.3, 0.4) is 0 Å². The molecule has 0 aliphatic carbocycles. The van der Waals surface area contributed by atoms with Gasteiger partial charge in [-0.1, -0.05) is 6.07 Å². The fraction of sp³-hybridized carbons (Fsp3) is 0.192. The first-order chi connectivity index (χ1) is 18.3. The third-order valence-corrected chi connectivity index (χ3v) is 6.82. The molecule has 2 heterocycles. The van der Waals surface area contributed by atoms with Crippen LogP contribution in [0.4, 0.5) is 11.4 Å². The number of hydrogen-bond donors (Lipinski definition) is 2. The molecule has 1 unspecified atom stereocenters. The summed E-state index contributed by atoms with van der Waals surface area (Å²) < 4.78 is 10.1. The zero-order valence-corrected chi connectivity index (χ0v) is 22.1. The predicted octanol–water partition coefficient (Wildman–Crippen LogP) is 3.61. The van der Waals surface area contributed by atoms with Gasteiger partial charge in [0.1, 0.15) is 11.8 Å². The molecule has 38 heavy (non-hydrogen) atoms. The zero-order valence-electron chi connectivity index (χ0n) is 20.5. The Hall–Kier alpha value is -4.29. The number of amides is 3. The van der Waals surface area contributed by atoms with Gasteiger partial charge < -0.3 is 14.8 Å². The molecule has 0 bridgehead atoms. The van der Waals surface area contributed by atoms with E-state index in [-0.39, 0.29) is 18.1 Å². The van der Waals surface area contributed by atoms with Gasteiger partial charge >= 0.3 is 5.97 Å². The Kier molecular flexibility index (Phi) is 8.34. The van der Waals surface area contributed by atoms with Gasteiger partial charge in [-0.2, -0.15) is 0 Å². The Bertz CT molecular complexity index is 1340. The van der Waals surface area contributed by atoms with Gasteiger partial charge in [0.15, 0.2) is 0 Å². The van der Waals surface area contributed by atoms with Gasteiger partial charge in [0.2, 0.25) is 11.0 Å². The molecular formula is C26H24N4O6S2. The molecule has 0 saturated carbocycles. The lowest BCUT2D eigenvalue weighted by atomic mass is 10.1. The van der Waals surface area contributed by atoms with Crippen molar-refractivity contribution in [2.45, 2.75) is 19.4 Å². The van der Waals surface area contributed by atoms with Crippen LogP contribution in [0, 0.1) is 0 Å². The van der Waals surface area contributed by atoms with Gasteiger partial charge in [0.05, 0.1) is 36.3 Å². The van der Waals surface area contributed by atoms with Crippen LogP contribution >= 0.6 is 23.6 Å². The highest BCUT2D eigenvalue weighted by atomic mass is 32.1. The van der Waals surface area contributed by atoms with E-state index in [1.807, 2.05) is 0 Å². The summed E-state index contributed by atoms with van der Waals surface area (Å²) in [6.45, 7) is 1.94. The summed E-state index contributed by atoms with van der Waals surface area (Å²) in [6, 6.07) is 15.1. The van der Waals surface area contributed by atoms with Gasteiger partial charge in [-0.25, -0.2) is 9.80 Å². The maximum Gasteiger partial charge on any atom is 0.338 e. The van der Waals surface area contributed by atoms with E-state index in [1.54, 1.807) is 60.8 Å². The molecule has 12 heteroatoms. The number of hydrogen-bond acceptors (Lipinski definition) is 8. The van der Waals surface area contributed by atoms with Crippen LogP contribution in [-0.2, 0) is 14.3 Å². The monoisotopic (exact) mass is 552 g/mol. The average Bonchev–Trinajstić information content (AvgIpc) is 3.53. The molecule has 196 valence electrons. The second kappa shape index (κ2) is 11.8. The lowest BCUT2D eigenvalue weighted by molar-refractivity contribution is -0.124. The van der Waals surface area contributed by atoms with Gasteiger partial charge in [-0.3, -0.25) is 24.7 Å². The lowest BCUT2D eigenvalue weighted by Gasteiger charge is -2.24. The number of carbonyl (C=O) groups is 4. The standard InChI is InChI=1S/C26H24N4O6S2/c1-3-36-25(34)16-6-10-18(11-7-16)29-24(33)20(15-22(31)27-17-8-12-19(35-2)13-9-17)30(26(29)37)28-23(32)21-5-4-14-38-21/h4-14,20H,3,15H2,1-2H3,(H,27,31)(H,28,32). The van der Waals surface area contributed by atoms with E-state index >= 15 is 0 Å². The molecule has 3 amide bonds. The lowest BCUT2D eigenvalue weighted by Crippen LogP contribution is -2.49. The summed E-state index contributed by atoms with van der Waals surface area (Å²) in [5, 5.41) is 5.72. The minimum absolute atomic E-state index is 0.00830. The van der Waals surface area contributed by atoms with Crippen LogP contribution in [0.2, 0.25) is 0 Å². The number of thiocarbonyl (C=S) groups is 1. The second-order valence-electron chi connectivity index (χ2n) is 8.01. The molecule has 1 aliphatic rings. The molecule has 1 saturated heterocycles. The van der Waals surface area contributed by atoms with Crippen LogP contribution in [0.15, 0.2) is 66.0 Å². The number of thiophene rings is 1. The highest BCUT2D eigenvalue weighted by molar-refractivity contribution is 7.80. The number of nitrogens with zero attached hydrogens (tertiary/aromatic N) is 2. The van der Waals surface area contributed by atoms with Crippen molar-refractivity contribution in [3.05, 3.63) is 76.5 Å². The molecule has 0 radical (unpaired) electrons. The Morgan fingerprint density at radius 2 is 1.76 bits per heavy atom. The van der Waals surface area contributed by atoms with Crippen molar-refractivity contribution in [1.29, 1.82) is 0 Å². The maximum absolute atomic E-state index is 13.5. The van der Waals surface area contributed by atoms with E-state index in [1.165, 1.54) is 40.5 Å². The van der Waals surface area contributed by atoms with Gasteiger partial charge in [-0.15, -0.1) is 11.3 Å². The van der Waals surface area contributed by atoms with E-state index in [2.05, 4.69) is 10.7 Å². The first-order valence-electron chi connectivity index (χ1n) is 11.5. The second-order valence-corrected chi connectivity index (χ2v) is 9.32. The number of rotatable bonds is 9. The molecule has 1 aliphatic heterocycles. The summed E-state index contributed by atoms with van der Waals surface area (Å²) >= 11 is 6.79. The topological polar surface area (TPSA) is 117 Å². The van der Waals surface area contributed by atoms with Crippen LogP contribution < -0.4 is 20.4 Å². The molecule has 4 rings (SSSR count). The number of esters is 1. The summed E-state index contributed by atoms with van der Waals surface area (Å²) in [5.41, 5.74) is 3.88. The van der Waals surface area contributed by atoms with Gasteiger partial charge in [0.25, 0.3) is 11.8 Å². The number of anilines is 2. The fourth-order valence-electron chi connectivity index (χ4n) is 3.73. The number of carbonyl (C=O) groups excluding carboxylic acids is 4. The van der Waals surface area contributed by atoms with E-state index in [4.69, 9.17) is 21.7 Å². The van der Waals surface area contributed by atoms with Crippen LogP contribution in [0.1, 0.15) is 33.4 Å². The molecule has 1 atom stereocenters. The van der Waals surface area contributed by atoms with E-state index in [9.17, 15) is 19.2 Å². The fourth-order valence-corrected chi connectivity index (χ4v) is 4.71. The molecule has 0 spiro atoms. The highest BCUT2D eigenvalue weighted by Crippen LogP contribution is 2.27. The molecule has 2 aromatic carbocycles. The zero-order chi connectivity index (χ0) is 27.2. The van der Waals surface area contributed by atoms with E-state index in [0.29, 0.717) is 27.6 Å². The van der Waals surface area contributed by atoms with Crippen molar-refractivity contribution in [2.24, 2.45) is 0 Å². The van der Waals surface area contributed by atoms with Crippen molar-refractivity contribution < 1.29 is 28.7 Å². The number of nitrogens with one attached hydrogen (secondary N) is 2. The molecule has 1 fully saturated rings. The summed E-state index contributed by atoms with van der Waals surface area (Å²) in [7, 11) is 1.54. The van der Waals surface area contributed by atoms with Gasteiger partial charge in [0, 0.05) is 5.69 Å². The van der Waals surface area contributed by atoms with E-state index in [0.717, 1.165) is 0 Å². The SMILES string of the molecule is CCOC(=O)c1ccc(N2C(=O)C(CC(=O)Nc3ccc(OC)cc3)N(NC(=O)c3cccs3)C2=S)cc1. The Labute approximate surface area is 228 Å². The minimum Gasteiger partial charge on any atom is -0.497 e. The van der Waals surface area contributed by atoms with Crippen molar-refractivity contribution >= 4 is 63.7 Å². The molecule has 10 nitrogen and oxygen atoms in total. The van der Waals surface area contributed by atoms with E-state index < -0.39 is 29.7 Å². The summed E-state index contributed by atoms with van der Waals surface area (Å²) in [6.07, 6.45) is -0.285. The Balaban J connectivity index is 1.57. The first-order valence-corrected chi connectivity index (χ1v) is 12.8. The first kappa shape index (κ1) is 26.8. The van der Waals surface area contributed by atoms with Crippen LogP contribution in [-0.4, -0.2) is 53.6 Å². The number of methoxy groups -OCH3 is 1. The molecule has 1 aromatic heterocycles. The molecule has 3 aromatic rings. The quantitative estimate of drug-likeness (QED) is 0.306. The maximum atomic E-state index is 13.5. The van der Waals surface area contributed by atoms with Crippen molar-refractivity contribution in [3.8, 4) is 5.75 Å².